The van der Waals surface area contributed by atoms with Gasteiger partial charge in [0, 0.05) is 25.2 Å². The number of hydrogen-bond acceptors (Lipinski definition) is 6. The van der Waals surface area contributed by atoms with Gasteiger partial charge in [-0.25, -0.2) is 13.2 Å². The van der Waals surface area contributed by atoms with Crippen LogP contribution in [0.3, 0.4) is 0 Å². The summed E-state index contributed by atoms with van der Waals surface area (Å²) >= 11 is 0. The zero-order valence-corrected chi connectivity index (χ0v) is 14.8. The van der Waals surface area contributed by atoms with Gasteiger partial charge in [0.15, 0.2) is 0 Å². The molecule has 0 spiro atoms. The van der Waals surface area contributed by atoms with Crippen LogP contribution in [0.4, 0.5) is 11.4 Å². The summed E-state index contributed by atoms with van der Waals surface area (Å²) in [6.45, 7) is 4.06. The Bertz CT molecular complexity index is 771. The second kappa shape index (κ2) is 7.36. The van der Waals surface area contributed by atoms with Crippen LogP contribution < -0.4 is 5.32 Å². The van der Waals surface area contributed by atoms with Crippen molar-refractivity contribution in [2.24, 2.45) is 5.92 Å². The van der Waals surface area contributed by atoms with E-state index in [-0.39, 0.29) is 22.2 Å². The molecule has 0 bridgehead atoms. The number of carboxylic acid groups (broad SMARTS) is 1. The van der Waals surface area contributed by atoms with E-state index in [2.05, 4.69) is 5.32 Å². The Morgan fingerprint density at radius 3 is 2.40 bits per heavy atom. The van der Waals surface area contributed by atoms with Gasteiger partial charge >= 0.3 is 5.97 Å². The molecule has 0 amide bonds. The van der Waals surface area contributed by atoms with Crippen molar-refractivity contribution >= 4 is 27.4 Å². The molecule has 10 heteroatoms. The SMILES string of the molecule is CC(C)[C@@H](Nc1ccc([N+](=O)[O-])cc1S(=O)(=O)N1CCCC1)C(=O)O. The monoisotopic (exact) mass is 371 g/mol. The van der Waals surface area contributed by atoms with Gasteiger partial charge in [0.1, 0.15) is 10.9 Å². The van der Waals surface area contributed by atoms with Crippen molar-refractivity contribution in [3.63, 3.8) is 0 Å². The van der Waals surface area contributed by atoms with Gasteiger partial charge in [-0.05, 0) is 24.8 Å². The van der Waals surface area contributed by atoms with Crippen LogP contribution in [0.1, 0.15) is 26.7 Å². The average Bonchev–Trinajstić information content (AvgIpc) is 3.06. The first kappa shape index (κ1) is 19.1. The lowest BCUT2D eigenvalue weighted by molar-refractivity contribution is -0.385. The summed E-state index contributed by atoms with van der Waals surface area (Å²) in [6, 6.07) is 2.37. The fraction of sp³-hybridized carbons (Fsp3) is 0.533. The topological polar surface area (TPSA) is 130 Å². The van der Waals surface area contributed by atoms with Gasteiger partial charge in [-0.3, -0.25) is 10.1 Å². The Kier molecular flexibility index (Phi) is 5.63. The zero-order chi connectivity index (χ0) is 18.8. The summed E-state index contributed by atoms with van der Waals surface area (Å²) in [5.74, 6) is -1.44. The highest BCUT2D eigenvalue weighted by molar-refractivity contribution is 7.89. The number of non-ortho nitro benzene ring substituents is 1. The summed E-state index contributed by atoms with van der Waals surface area (Å²) in [5, 5.41) is 23.1. The van der Waals surface area contributed by atoms with Crippen LogP contribution in [0.2, 0.25) is 0 Å². The van der Waals surface area contributed by atoms with Crippen LogP contribution in [0.15, 0.2) is 23.1 Å². The van der Waals surface area contributed by atoms with Crippen molar-refractivity contribution in [1.29, 1.82) is 0 Å². The van der Waals surface area contributed by atoms with Gasteiger partial charge < -0.3 is 10.4 Å². The van der Waals surface area contributed by atoms with Crippen molar-refractivity contribution in [3.05, 3.63) is 28.3 Å². The van der Waals surface area contributed by atoms with Gasteiger partial charge in [0.2, 0.25) is 10.0 Å². The molecule has 2 N–H and O–H groups in total. The molecule has 0 aliphatic carbocycles. The number of nitrogens with zero attached hydrogens (tertiary/aromatic N) is 2. The number of aliphatic carboxylic acids is 1. The highest BCUT2D eigenvalue weighted by atomic mass is 32.2. The number of sulfonamides is 1. The van der Waals surface area contributed by atoms with E-state index in [1.807, 2.05) is 0 Å². The second-order valence-corrected chi connectivity index (χ2v) is 8.16. The molecule has 1 saturated heterocycles. The third-order valence-corrected chi connectivity index (χ3v) is 6.04. The lowest BCUT2D eigenvalue weighted by atomic mass is 10.0. The molecule has 0 aromatic heterocycles. The summed E-state index contributed by atoms with van der Waals surface area (Å²) in [4.78, 5) is 21.5. The molecule has 1 fully saturated rings. The molecule has 138 valence electrons. The van der Waals surface area contributed by atoms with Gasteiger partial charge in [0.05, 0.1) is 10.6 Å². The second-order valence-electron chi connectivity index (χ2n) is 6.25. The highest BCUT2D eigenvalue weighted by Crippen LogP contribution is 2.31. The van der Waals surface area contributed by atoms with Gasteiger partial charge in [-0.1, -0.05) is 13.8 Å². The highest BCUT2D eigenvalue weighted by Gasteiger charge is 2.32. The van der Waals surface area contributed by atoms with Gasteiger partial charge in [-0.15, -0.1) is 0 Å². The number of benzene rings is 1. The first-order chi connectivity index (χ1) is 11.6. The van der Waals surface area contributed by atoms with Crippen molar-refractivity contribution < 1.29 is 23.2 Å². The fourth-order valence-corrected chi connectivity index (χ4v) is 4.40. The van der Waals surface area contributed by atoms with Crippen LogP contribution >= 0.6 is 0 Å². The Labute approximate surface area is 145 Å². The molecule has 0 saturated carbocycles. The average molecular weight is 371 g/mol. The number of nitro groups is 1. The molecule has 0 unspecified atom stereocenters. The lowest BCUT2D eigenvalue weighted by Crippen LogP contribution is -2.35. The maximum Gasteiger partial charge on any atom is 0.326 e. The Hall–Kier alpha value is -2.20. The largest absolute Gasteiger partial charge is 0.480 e. The molecule has 1 heterocycles. The first-order valence-electron chi connectivity index (χ1n) is 7.92. The van der Waals surface area contributed by atoms with Crippen molar-refractivity contribution in [2.45, 2.75) is 37.6 Å². The number of carbonyl (C=O) groups is 1. The predicted octanol–water partition coefficient (Wildman–Crippen LogP) is 1.90. The zero-order valence-electron chi connectivity index (χ0n) is 14.0. The van der Waals surface area contributed by atoms with E-state index in [9.17, 15) is 28.4 Å². The standard InChI is InChI=1S/C15H21N3O6S/c1-10(2)14(15(19)20)16-12-6-5-11(18(21)22)9-13(12)25(23,24)17-7-3-4-8-17/h5-6,9-10,14,16H,3-4,7-8H2,1-2H3,(H,19,20)/t14-/m1/s1. The van der Waals surface area contributed by atoms with Crippen LogP contribution in [0.25, 0.3) is 0 Å². The summed E-state index contributed by atoms with van der Waals surface area (Å²) in [5.41, 5.74) is -0.307. The fourth-order valence-electron chi connectivity index (χ4n) is 2.71. The lowest BCUT2D eigenvalue weighted by Gasteiger charge is -2.23. The van der Waals surface area contributed by atoms with Crippen molar-refractivity contribution in [1.82, 2.24) is 4.31 Å². The van der Waals surface area contributed by atoms with Crippen molar-refractivity contribution in [3.8, 4) is 0 Å². The van der Waals surface area contributed by atoms with Crippen molar-refractivity contribution in [2.75, 3.05) is 18.4 Å². The minimum absolute atomic E-state index is 0.0543. The third-order valence-electron chi connectivity index (χ3n) is 4.10. The number of anilines is 1. The molecule has 9 nitrogen and oxygen atoms in total. The maximum absolute atomic E-state index is 12.9. The van der Waals surface area contributed by atoms with E-state index in [0.717, 1.165) is 25.0 Å². The molecule has 1 aromatic rings. The predicted molar refractivity (Wildman–Crippen MR) is 91.0 cm³/mol. The maximum atomic E-state index is 12.9. The van der Waals surface area contributed by atoms with Crippen LogP contribution in [0.5, 0.6) is 0 Å². The number of carboxylic acids is 1. The molecule has 1 aromatic carbocycles. The minimum Gasteiger partial charge on any atom is -0.480 e. The molecule has 2 rings (SSSR count). The molecule has 1 aliphatic heterocycles. The summed E-state index contributed by atoms with van der Waals surface area (Å²) in [6.07, 6.45) is 1.45. The number of nitrogens with one attached hydrogen (secondary N) is 1. The summed E-state index contributed by atoms with van der Waals surface area (Å²) < 4.78 is 27.0. The summed E-state index contributed by atoms with van der Waals surface area (Å²) in [7, 11) is -3.95. The third kappa shape index (κ3) is 4.07. The molecule has 1 atom stereocenters. The van der Waals surface area contributed by atoms with Gasteiger partial charge in [-0.2, -0.15) is 4.31 Å². The molecule has 1 aliphatic rings. The van der Waals surface area contributed by atoms with Gasteiger partial charge in [0.25, 0.3) is 5.69 Å². The van der Waals surface area contributed by atoms with E-state index < -0.39 is 27.0 Å². The quantitative estimate of drug-likeness (QED) is 0.553. The van der Waals surface area contributed by atoms with E-state index in [0.29, 0.717) is 13.1 Å². The van der Waals surface area contributed by atoms with Crippen LogP contribution in [-0.2, 0) is 14.8 Å². The first-order valence-corrected chi connectivity index (χ1v) is 9.36. The normalized spacial score (nSPS) is 16.8. The molecule has 25 heavy (non-hydrogen) atoms. The Morgan fingerprint density at radius 2 is 1.92 bits per heavy atom. The number of rotatable bonds is 7. The van der Waals surface area contributed by atoms with Crippen LogP contribution in [0, 0.1) is 16.0 Å². The minimum atomic E-state index is -3.95. The van der Waals surface area contributed by atoms with E-state index >= 15 is 0 Å². The molecule has 0 radical (unpaired) electrons. The Balaban J connectivity index is 2.52. The van der Waals surface area contributed by atoms with Crippen LogP contribution in [-0.4, -0.2) is 47.9 Å². The van der Waals surface area contributed by atoms with E-state index in [1.165, 1.54) is 10.4 Å². The molecular formula is C15H21N3O6S. The Morgan fingerprint density at radius 1 is 1.32 bits per heavy atom. The van der Waals surface area contributed by atoms with E-state index in [1.54, 1.807) is 13.8 Å². The number of nitro benzene ring substituents is 1. The molecular weight excluding hydrogens is 350 g/mol. The number of hydrogen-bond donors (Lipinski definition) is 2. The van der Waals surface area contributed by atoms with E-state index in [4.69, 9.17) is 0 Å². The smallest absolute Gasteiger partial charge is 0.326 e.